The van der Waals surface area contributed by atoms with Gasteiger partial charge >= 0.3 is 0 Å². The number of sulfonamides is 1. The van der Waals surface area contributed by atoms with Crippen LogP contribution in [0.15, 0.2) is 48.5 Å². The molecule has 0 aliphatic rings. The third-order valence-electron chi connectivity index (χ3n) is 5.84. The maximum absolute atomic E-state index is 13.7. The van der Waals surface area contributed by atoms with Crippen LogP contribution in [-0.4, -0.2) is 57.6 Å². The second-order valence-electron chi connectivity index (χ2n) is 8.49. The topological polar surface area (TPSA) is 96.0 Å². The standard InChI is InChI=1S/C26H37N3O5S/c1-6-8-16-27-26(31)24(7-2)28(18-21-13-10-9-12-20(21)3)25(30)19-29(35(5,32)33)22-14-11-15-23(17-22)34-4/h9-15,17,24H,6-8,16,18-19H2,1-5H3,(H,27,31). The molecular formula is C26H37N3O5S. The van der Waals surface area contributed by atoms with Crippen LogP contribution >= 0.6 is 0 Å². The lowest BCUT2D eigenvalue weighted by atomic mass is 10.1. The molecule has 0 aliphatic carbocycles. The monoisotopic (exact) mass is 503 g/mol. The number of anilines is 1. The molecule has 0 aliphatic heterocycles. The molecule has 35 heavy (non-hydrogen) atoms. The first-order valence-electron chi connectivity index (χ1n) is 11.9. The van der Waals surface area contributed by atoms with Gasteiger partial charge in [-0.3, -0.25) is 13.9 Å². The number of carbonyl (C=O) groups excluding carboxylic acids is 2. The van der Waals surface area contributed by atoms with E-state index in [2.05, 4.69) is 5.32 Å². The third kappa shape index (κ3) is 7.99. The summed E-state index contributed by atoms with van der Waals surface area (Å²) in [5.41, 5.74) is 2.20. The molecule has 0 fully saturated rings. The maximum atomic E-state index is 13.7. The summed E-state index contributed by atoms with van der Waals surface area (Å²) in [5.74, 6) is -0.226. The molecule has 0 aromatic heterocycles. The van der Waals surface area contributed by atoms with Gasteiger partial charge < -0.3 is 15.0 Å². The van der Waals surface area contributed by atoms with Crippen LogP contribution in [-0.2, 0) is 26.2 Å². The van der Waals surface area contributed by atoms with E-state index in [1.807, 2.05) is 45.0 Å². The summed E-state index contributed by atoms with van der Waals surface area (Å²) in [7, 11) is -2.30. The number of nitrogens with zero attached hydrogens (tertiary/aromatic N) is 2. The van der Waals surface area contributed by atoms with Crippen molar-refractivity contribution in [1.82, 2.24) is 10.2 Å². The van der Waals surface area contributed by atoms with E-state index in [1.165, 1.54) is 12.0 Å². The summed E-state index contributed by atoms with van der Waals surface area (Å²) in [5, 5.41) is 2.92. The molecule has 2 aromatic carbocycles. The number of carbonyl (C=O) groups is 2. The smallest absolute Gasteiger partial charge is 0.244 e. The Morgan fingerprint density at radius 2 is 1.80 bits per heavy atom. The highest BCUT2D eigenvalue weighted by atomic mass is 32.2. The molecule has 2 amide bonds. The molecule has 1 N–H and O–H groups in total. The predicted molar refractivity (Wildman–Crippen MR) is 139 cm³/mol. The van der Waals surface area contributed by atoms with Crippen molar-refractivity contribution in [3.63, 3.8) is 0 Å². The van der Waals surface area contributed by atoms with E-state index in [0.717, 1.165) is 34.5 Å². The van der Waals surface area contributed by atoms with Crippen molar-refractivity contribution in [3.8, 4) is 5.75 Å². The summed E-state index contributed by atoms with van der Waals surface area (Å²) in [4.78, 5) is 28.2. The largest absolute Gasteiger partial charge is 0.497 e. The van der Waals surface area contributed by atoms with Crippen LogP contribution < -0.4 is 14.4 Å². The lowest BCUT2D eigenvalue weighted by molar-refractivity contribution is -0.140. The van der Waals surface area contributed by atoms with Crippen LogP contribution in [0.25, 0.3) is 0 Å². The summed E-state index contributed by atoms with van der Waals surface area (Å²) < 4.78 is 31.6. The van der Waals surface area contributed by atoms with Gasteiger partial charge in [-0.2, -0.15) is 0 Å². The van der Waals surface area contributed by atoms with E-state index < -0.39 is 28.5 Å². The molecule has 8 nitrogen and oxygen atoms in total. The van der Waals surface area contributed by atoms with Gasteiger partial charge in [-0.15, -0.1) is 0 Å². The van der Waals surface area contributed by atoms with Crippen LogP contribution in [0.4, 0.5) is 5.69 Å². The maximum Gasteiger partial charge on any atom is 0.244 e. The zero-order valence-electron chi connectivity index (χ0n) is 21.3. The first kappa shape index (κ1) is 28.2. The predicted octanol–water partition coefficient (Wildman–Crippen LogP) is 3.49. The number of benzene rings is 2. The van der Waals surface area contributed by atoms with E-state index in [-0.39, 0.29) is 12.5 Å². The average molecular weight is 504 g/mol. The number of nitrogens with one attached hydrogen (secondary N) is 1. The summed E-state index contributed by atoms with van der Waals surface area (Å²) in [6, 6.07) is 13.5. The van der Waals surface area contributed by atoms with Gasteiger partial charge in [0.25, 0.3) is 0 Å². The molecule has 0 saturated carbocycles. The minimum Gasteiger partial charge on any atom is -0.497 e. The Hall–Kier alpha value is -3.07. The van der Waals surface area contributed by atoms with Crippen molar-refractivity contribution < 1.29 is 22.7 Å². The van der Waals surface area contributed by atoms with Crippen LogP contribution in [0.2, 0.25) is 0 Å². The van der Waals surface area contributed by atoms with Crippen molar-refractivity contribution in [2.75, 3.05) is 30.8 Å². The fourth-order valence-corrected chi connectivity index (χ4v) is 4.62. The fraction of sp³-hybridized carbons (Fsp3) is 0.462. The SMILES string of the molecule is CCCCNC(=O)C(CC)N(Cc1ccccc1C)C(=O)CN(c1cccc(OC)c1)S(C)(=O)=O. The molecule has 0 radical (unpaired) electrons. The molecular weight excluding hydrogens is 466 g/mol. The minimum absolute atomic E-state index is 0.195. The van der Waals surface area contributed by atoms with Crippen molar-refractivity contribution in [2.24, 2.45) is 0 Å². The lowest BCUT2D eigenvalue weighted by Crippen LogP contribution is -2.52. The van der Waals surface area contributed by atoms with Gasteiger partial charge in [0.15, 0.2) is 0 Å². The Bertz CT molecular complexity index is 1100. The second kappa shape index (κ2) is 13.1. The Kier molecular flexibility index (Phi) is 10.6. The van der Waals surface area contributed by atoms with Crippen LogP contribution in [0, 0.1) is 6.92 Å². The Morgan fingerprint density at radius 3 is 2.40 bits per heavy atom. The molecule has 9 heteroatoms. The summed E-state index contributed by atoms with van der Waals surface area (Å²) in [6.45, 7) is 6.11. The van der Waals surface area contributed by atoms with E-state index in [1.54, 1.807) is 24.3 Å². The van der Waals surface area contributed by atoms with Crippen molar-refractivity contribution in [2.45, 2.75) is 52.6 Å². The Labute approximate surface area is 209 Å². The van der Waals surface area contributed by atoms with Gasteiger partial charge in [0.05, 0.1) is 19.1 Å². The van der Waals surface area contributed by atoms with Gasteiger partial charge in [0.2, 0.25) is 21.8 Å². The van der Waals surface area contributed by atoms with E-state index in [0.29, 0.717) is 24.4 Å². The number of hydrogen-bond donors (Lipinski definition) is 1. The number of ether oxygens (including phenoxy) is 1. The van der Waals surface area contributed by atoms with Gasteiger partial charge in [-0.25, -0.2) is 8.42 Å². The van der Waals surface area contributed by atoms with Crippen LogP contribution in [0.5, 0.6) is 5.75 Å². The molecule has 0 heterocycles. The van der Waals surface area contributed by atoms with E-state index in [9.17, 15) is 18.0 Å². The first-order valence-corrected chi connectivity index (χ1v) is 13.7. The first-order chi connectivity index (χ1) is 16.6. The number of unbranched alkanes of at least 4 members (excludes halogenated alkanes) is 1. The van der Waals surface area contributed by atoms with Crippen LogP contribution in [0.1, 0.15) is 44.2 Å². The second-order valence-corrected chi connectivity index (χ2v) is 10.4. The van der Waals surface area contributed by atoms with Gasteiger partial charge in [0, 0.05) is 19.2 Å². The molecule has 1 unspecified atom stereocenters. The average Bonchev–Trinajstić information content (AvgIpc) is 2.82. The number of rotatable bonds is 13. The zero-order valence-corrected chi connectivity index (χ0v) is 22.1. The molecule has 2 rings (SSSR count). The highest BCUT2D eigenvalue weighted by Crippen LogP contribution is 2.24. The highest BCUT2D eigenvalue weighted by molar-refractivity contribution is 7.92. The van der Waals surface area contributed by atoms with Gasteiger partial charge in [-0.05, 0) is 43.0 Å². The number of aryl methyl sites for hydroxylation is 1. The van der Waals surface area contributed by atoms with Gasteiger partial charge in [0.1, 0.15) is 18.3 Å². The number of hydrogen-bond acceptors (Lipinski definition) is 5. The van der Waals surface area contributed by atoms with E-state index >= 15 is 0 Å². The minimum atomic E-state index is -3.79. The number of amides is 2. The summed E-state index contributed by atoms with van der Waals surface area (Å²) in [6.07, 6.45) is 3.23. The van der Waals surface area contributed by atoms with Crippen molar-refractivity contribution in [3.05, 3.63) is 59.7 Å². The number of methoxy groups -OCH3 is 1. The Morgan fingerprint density at radius 1 is 1.09 bits per heavy atom. The highest BCUT2D eigenvalue weighted by Gasteiger charge is 2.32. The molecule has 0 spiro atoms. The molecule has 2 aromatic rings. The Balaban J connectivity index is 2.43. The van der Waals surface area contributed by atoms with E-state index in [4.69, 9.17) is 4.74 Å². The molecule has 192 valence electrons. The quantitative estimate of drug-likeness (QED) is 0.422. The normalized spacial score (nSPS) is 12.0. The molecule has 1 atom stereocenters. The van der Waals surface area contributed by atoms with Crippen molar-refractivity contribution in [1.29, 1.82) is 0 Å². The zero-order chi connectivity index (χ0) is 26.0. The van der Waals surface area contributed by atoms with Crippen molar-refractivity contribution >= 4 is 27.5 Å². The van der Waals surface area contributed by atoms with Crippen LogP contribution in [0.3, 0.4) is 0 Å². The summed E-state index contributed by atoms with van der Waals surface area (Å²) >= 11 is 0. The molecule has 0 bridgehead atoms. The van der Waals surface area contributed by atoms with Gasteiger partial charge in [-0.1, -0.05) is 50.6 Å². The fourth-order valence-electron chi connectivity index (χ4n) is 3.78. The third-order valence-corrected chi connectivity index (χ3v) is 6.98. The molecule has 0 saturated heterocycles. The lowest BCUT2D eigenvalue weighted by Gasteiger charge is -2.33.